The van der Waals surface area contributed by atoms with Crippen molar-refractivity contribution in [3.8, 4) is 0 Å². The van der Waals surface area contributed by atoms with Crippen LogP contribution in [0.3, 0.4) is 0 Å². The summed E-state index contributed by atoms with van der Waals surface area (Å²) in [7, 11) is 0. The molecule has 150 valence electrons. The van der Waals surface area contributed by atoms with Crippen LogP contribution < -0.4 is 0 Å². The molecular formula is C18H30O8. The molecule has 0 radical (unpaired) electrons. The number of hydrogen-bond acceptors (Lipinski definition) is 8. The van der Waals surface area contributed by atoms with E-state index < -0.39 is 48.4 Å². The van der Waals surface area contributed by atoms with Crippen LogP contribution in [0.5, 0.6) is 0 Å². The van der Waals surface area contributed by atoms with E-state index in [0.717, 1.165) is 5.57 Å². The van der Waals surface area contributed by atoms with Gasteiger partial charge in [-0.05, 0) is 25.7 Å². The molecule has 8 heteroatoms. The first-order valence-electron chi connectivity index (χ1n) is 8.93. The van der Waals surface area contributed by atoms with Gasteiger partial charge in [-0.2, -0.15) is 0 Å². The smallest absolute Gasteiger partial charge is 0.302 e. The molecule has 1 heterocycles. The third-order valence-corrected chi connectivity index (χ3v) is 5.15. The normalized spacial score (nSPS) is 41.0. The second-order valence-electron chi connectivity index (χ2n) is 7.61. The highest BCUT2D eigenvalue weighted by Gasteiger charge is 2.48. The predicted molar refractivity (Wildman–Crippen MR) is 91.0 cm³/mol. The lowest BCUT2D eigenvalue weighted by Gasteiger charge is -2.46. The Labute approximate surface area is 153 Å². The van der Waals surface area contributed by atoms with Gasteiger partial charge in [0.05, 0.1) is 11.7 Å². The lowest BCUT2D eigenvalue weighted by atomic mass is 9.80. The lowest BCUT2D eigenvalue weighted by Crippen LogP contribution is -2.62. The van der Waals surface area contributed by atoms with E-state index in [9.17, 15) is 25.2 Å². The Balaban J connectivity index is 2.10. The maximum atomic E-state index is 11.0. The molecule has 7 unspecified atom stereocenters. The second kappa shape index (κ2) is 8.33. The fraction of sp³-hybridized carbons (Fsp3) is 0.833. The highest BCUT2D eigenvalue weighted by molar-refractivity contribution is 5.65. The molecule has 1 aliphatic heterocycles. The first-order valence-corrected chi connectivity index (χ1v) is 8.93. The van der Waals surface area contributed by atoms with E-state index >= 15 is 0 Å². The van der Waals surface area contributed by atoms with Crippen LogP contribution in [0.4, 0.5) is 0 Å². The van der Waals surface area contributed by atoms with Crippen LogP contribution in [0, 0.1) is 5.92 Å². The minimum Gasteiger partial charge on any atom is -0.463 e. The molecule has 8 nitrogen and oxygen atoms in total. The SMILES string of the molecule is CC(=O)OCC1OC(OC2(C)CC=C(C(C)C)CC2O)C(O)C(O)C1O. The van der Waals surface area contributed by atoms with Gasteiger partial charge in [0.25, 0.3) is 0 Å². The summed E-state index contributed by atoms with van der Waals surface area (Å²) in [5.74, 6) is -0.240. The molecule has 0 aromatic rings. The third kappa shape index (κ3) is 4.62. The number of hydrogen-bond donors (Lipinski definition) is 4. The van der Waals surface area contributed by atoms with Crippen LogP contribution in [-0.4, -0.2) is 75.4 Å². The third-order valence-electron chi connectivity index (χ3n) is 5.15. The highest BCUT2D eigenvalue weighted by atomic mass is 16.7. The summed E-state index contributed by atoms with van der Waals surface area (Å²) in [6.45, 7) is 6.74. The van der Waals surface area contributed by atoms with Gasteiger partial charge in [0, 0.05) is 6.92 Å². The zero-order valence-electron chi connectivity index (χ0n) is 15.7. The molecule has 2 rings (SSSR count). The standard InChI is InChI=1S/C18H30O8/c1-9(2)11-5-6-18(4,13(20)7-11)26-17-16(23)15(22)14(21)12(25-17)8-24-10(3)19/h5,9,12-17,20-23H,6-8H2,1-4H3. The zero-order chi connectivity index (χ0) is 19.6. The molecule has 2 aliphatic rings. The monoisotopic (exact) mass is 374 g/mol. The summed E-state index contributed by atoms with van der Waals surface area (Å²) in [5.41, 5.74) is 0.116. The summed E-state index contributed by atoms with van der Waals surface area (Å²) in [6.07, 6.45) is -4.72. The van der Waals surface area contributed by atoms with Crippen LogP contribution in [-0.2, 0) is 19.0 Å². The highest BCUT2D eigenvalue weighted by Crippen LogP contribution is 2.36. The van der Waals surface area contributed by atoms with Crippen LogP contribution in [0.15, 0.2) is 11.6 Å². The molecule has 0 aromatic carbocycles. The Hall–Kier alpha value is -1.03. The first kappa shape index (κ1) is 21.3. The average Bonchev–Trinajstić information content (AvgIpc) is 2.56. The molecule has 4 N–H and O–H groups in total. The van der Waals surface area contributed by atoms with Crippen molar-refractivity contribution >= 4 is 5.97 Å². The molecule has 0 saturated carbocycles. The van der Waals surface area contributed by atoms with Gasteiger partial charge >= 0.3 is 5.97 Å². The topological polar surface area (TPSA) is 126 Å². The van der Waals surface area contributed by atoms with Crippen molar-refractivity contribution in [3.63, 3.8) is 0 Å². The molecule has 1 fully saturated rings. The minimum absolute atomic E-state index is 0.281. The molecule has 0 aromatic heterocycles. The van der Waals surface area contributed by atoms with Crippen molar-refractivity contribution < 1.29 is 39.4 Å². The van der Waals surface area contributed by atoms with E-state index in [1.54, 1.807) is 6.92 Å². The average molecular weight is 374 g/mol. The van der Waals surface area contributed by atoms with Gasteiger partial charge in [0.15, 0.2) is 6.29 Å². The number of esters is 1. The summed E-state index contributed by atoms with van der Waals surface area (Å²) in [4.78, 5) is 11.0. The molecule has 1 saturated heterocycles. The van der Waals surface area contributed by atoms with E-state index in [-0.39, 0.29) is 6.61 Å². The van der Waals surface area contributed by atoms with E-state index in [4.69, 9.17) is 14.2 Å². The molecule has 7 atom stereocenters. The Morgan fingerprint density at radius 2 is 1.92 bits per heavy atom. The molecule has 1 aliphatic carbocycles. The Kier molecular flexibility index (Phi) is 6.81. The molecule has 0 bridgehead atoms. The quantitative estimate of drug-likeness (QED) is 0.387. The lowest BCUT2D eigenvalue weighted by molar-refractivity contribution is -0.334. The predicted octanol–water partition coefficient (Wildman–Crippen LogP) is -0.131. The summed E-state index contributed by atoms with van der Waals surface area (Å²) >= 11 is 0. The van der Waals surface area contributed by atoms with Crippen molar-refractivity contribution in [2.75, 3.05) is 6.61 Å². The summed E-state index contributed by atoms with van der Waals surface area (Å²) in [6, 6.07) is 0. The van der Waals surface area contributed by atoms with Gasteiger partial charge in [0.2, 0.25) is 0 Å². The van der Waals surface area contributed by atoms with Crippen LogP contribution in [0.1, 0.15) is 40.5 Å². The van der Waals surface area contributed by atoms with Gasteiger partial charge in [0.1, 0.15) is 31.0 Å². The summed E-state index contributed by atoms with van der Waals surface area (Å²) in [5, 5.41) is 40.8. The maximum Gasteiger partial charge on any atom is 0.302 e. The minimum atomic E-state index is -1.53. The molecule has 0 amide bonds. The van der Waals surface area contributed by atoms with Crippen LogP contribution >= 0.6 is 0 Å². The van der Waals surface area contributed by atoms with Crippen LogP contribution in [0.25, 0.3) is 0 Å². The number of rotatable bonds is 5. The van der Waals surface area contributed by atoms with E-state index in [0.29, 0.717) is 18.8 Å². The zero-order valence-corrected chi connectivity index (χ0v) is 15.7. The fourth-order valence-corrected chi connectivity index (χ4v) is 3.21. The second-order valence-corrected chi connectivity index (χ2v) is 7.61. The van der Waals surface area contributed by atoms with Gasteiger partial charge in [-0.25, -0.2) is 0 Å². The van der Waals surface area contributed by atoms with Crippen molar-refractivity contribution in [1.29, 1.82) is 0 Å². The van der Waals surface area contributed by atoms with E-state index in [2.05, 4.69) is 0 Å². The largest absolute Gasteiger partial charge is 0.463 e. The number of carbonyl (C=O) groups is 1. The Morgan fingerprint density at radius 1 is 1.27 bits per heavy atom. The maximum absolute atomic E-state index is 11.0. The van der Waals surface area contributed by atoms with Crippen molar-refractivity contribution in [2.24, 2.45) is 5.92 Å². The molecular weight excluding hydrogens is 344 g/mol. The van der Waals surface area contributed by atoms with Crippen LogP contribution in [0.2, 0.25) is 0 Å². The van der Waals surface area contributed by atoms with Crippen molar-refractivity contribution in [3.05, 3.63) is 11.6 Å². The number of aliphatic hydroxyl groups is 4. The first-order chi connectivity index (χ1) is 12.0. The van der Waals surface area contributed by atoms with Gasteiger partial charge < -0.3 is 34.6 Å². The van der Waals surface area contributed by atoms with E-state index in [1.165, 1.54) is 6.92 Å². The number of ether oxygens (including phenoxy) is 3. The van der Waals surface area contributed by atoms with Gasteiger partial charge in [-0.3, -0.25) is 4.79 Å². The fourth-order valence-electron chi connectivity index (χ4n) is 3.21. The van der Waals surface area contributed by atoms with E-state index in [1.807, 2.05) is 19.9 Å². The summed E-state index contributed by atoms with van der Waals surface area (Å²) < 4.78 is 16.2. The molecule has 0 spiro atoms. The van der Waals surface area contributed by atoms with Gasteiger partial charge in [-0.15, -0.1) is 0 Å². The van der Waals surface area contributed by atoms with Crippen molar-refractivity contribution in [2.45, 2.75) is 82.9 Å². The Morgan fingerprint density at radius 3 is 2.46 bits per heavy atom. The van der Waals surface area contributed by atoms with Crippen molar-refractivity contribution in [1.82, 2.24) is 0 Å². The Bertz CT molecular complexity index is 533. The number of carbonyl (C=O) groups excluding carboxylic acids is 1. The van der Waals surface area contributed by atoms with Gasteiger partial charge in [-0.1, -0.05) is 25.5 Å². The number of aliphatic hydroxyl groups excluding tert-OH is 4. The molecule has 26 heavy (non-hydrogen) atoms.